The molecule has 0 unspecified atom stereocenters. The van der Waals surface area contributed by atoms with E-state index in [2.05, 4.69) is 0 Å². The maximum absolute atomic E-state index is 13.1. The van der Waals surface area contributed by atoms with Crippen LogP contribution in [0.5, 0.6) is 0 Å². The summed E-state index contributed by atoms with van der Waals surface area (Å²) in [6.07, 6.45) is 1.84. The van der Waals surface area contributed by atoms with Crippen LogP contribution in [-0.2, 0) is 0 Å². The van der Waals surface area contributed by atoms with Gasteiger partial charge in [0.15, 0.2) is 11.6 Å². The fourth-order valence-corrected chi connectivity index (χ4v) is 1.37. The van der Waals surface area contributed by atoms with Gasteiger partial charge in [0, 0.05) is 11.3 Å². The number of nitrogen functional groups attached to an aromatic ring is 1. The van der Waals surface area contributed by atoms with Gasteiger partial charge in [-0.3, -0.25) is 0 Å². The Hall–Kier alpha value is -1.12. The Morgan fingerprint density at radius 1 is 1.25 bits per heavy atom. The van der Waals surface area contributed by atoms with Crippen LogP contribution in [0.4, 0.5) is 14.5 Å². The zero-order valence-electron chi connectivity index (χ0n) is 6.48. The van der Waals surface area contributed by atoms with Crippen molar-refractivity contribution < 1.29 is 8.78 Å². The van der Waals surface area contributed by atoms with Crippen LogP contribution < -0.4 is 5.73 Å². The van der Waals surface area contributed by atoms with Gasteiger partial charge < -0.3 is 5.73 Å². The van der Waals surface area contributed by atoms with Gasteiger partial charge in [-0.05, 0) is 30.9 Å². The van der Waals surface area contributed by atoms with E-state index in [0.29, 0.717) is 11.3 Å². The molecule has 1 aliphatic rings. The number of benzene rings is 1. The molecule has 0 aromatic heterocycles. The summed E-state index contributed by atoms with van der Waals surface area (Å²) < 4.78 is 25.8. The highest BCUT2D eigenvalue weighted by atomic mass is 19.2. The molecule has 0 heterocycles. The summed E-state index contributed by atoms with van der Waals surface area (Å²) in [4.78, 5) is 0. The highest BCUT2D eigenvalue weighted by molar-refractivity contribution is 5.51. The highest BCUT2D eigenvalue weighted by Gasteiger charge is 2.29. The van der Waals surface area contributed by atoms with Gasteiger partial charge in [0.05, 0.1) is 0 Å². The van der Waals surface area contributed by atoms with Crippen molar-refractivity contribution in [2.24, 2.45) is 0 Å². The highest BCUT2D eigenvalue weighted by Crippen LogP contribution is 2.44. The molecular formula is C9H9F2N. The van der Waals surface area contributed by atoms with Crippen molar-refractivity contribution >= 4 is 5.69 Å². The lowest BCUT2D eigenvalue weighted by Gasteiger charge is -2.05. The predicted octanol–water partition coefficient (Wildman–Crippen LogP) is 2.42. The molecule has 1 fully saturated rings. The maximum Gasteiger partial charge on any atom is 0.164 e. The van der Waals surface area contributed by atoms with Crippen LogP contribution >= 0.6 is 0 Å². The molecule has 0 radical (unpaired) electrons. The van der Waals surface area contributed by atoms with Crippen molar-refractivity contribution in [1.82, 2.24) is 0 Å². The second-order valence-electron chi connectivity index (χ2n) is 3.14. The first-order valence-corrected chi connectivity index (χ1v) is 3.93. The molecule has 1 aliphatic carbocycles. The van der Waals surface area contributed by atoms with Crippen molar-refractivity contribution in [3.8, 4) is 0 Å². The molecule has 0 aliphatic heterocycles. The molecule has 0 atom stereocenters. The van der Waals surface area contributed by atoms with Gasteiger partial charge in [-0.2, -0.15) is 0 Å². The van der Waals surface area contributed by atoms with E-state index in [-0.39, 0.29) is 5.92 Å². The van der Waals surface area contributed by atoms with E-state index >= 15 is 0 Å². The van der Waals surface area contributed by atoms with E-state index in [4.69, 9.17) is 5.73 Å². The number of halogens is 2. The van der Waals surface area contributed by atoms with Crippen LogP contribution in [0.2, 0.25) is 0 Å². The molecule has 0 amide bonds. The molecule has 64 valence electrons. The lowest BCUT2D eigenvalue weighted by molar-refractivity contribution is 0.500. The minimum atomic E-state index is -0.800. The lowest BCUT2D eigenvalue weighted by atomic mass is 10.1. The summed E-state index contributed by atoms with van der Waals surface area (Å²) >= 11 is 0. The molecule has 3 heteroatoms. The van der Waals surface area contributed by atoms with E-state index < -0.39 is 11.6 Å². The molecular weight excluding hydrogens is 160 g/mol. The van der Waals surface area contributed by atoms with Gasteiger partial charge >= 0.3 is 0 Å². The Kier molecular flexibility index (Phi) is 1.53. The SMILES string of the molecule is Nc1ccc(F)c(F)c1C1CC1. The molecule has 12 heavy (non-hydrogen) atoms. The number of hydrogen-bond acceptors (Lipinski definition) is 1. The summed E-state index contributed by atoms with van der Waals surface area (Å²) in [5.41, 5.74) is 6.27. The smallest absolute Gasteiger partial charge is 0.164 e. The first-order valence-electron chi connectivity index (χ1n) is 3.93. The van der Waals surface area contributed by atoms with Gasteiger partial charge in [0.1, 0.15) is 0 Å². The van der Waals surface area contributed by atoms with E-state index in [1.165, 1.54) is 6.07 Å². The van der Waals surface area contributed by atoms with Crippen LogP contribution in [0, 0.1) is 11.6 Å². The van der Waals surface area contributed by atoms with E-state index in [0.717, 1.165) is 18.9 Å². The van der Waals surface area contributed by atoms with Crippen molar-refractivity contribution in [3.63, 3.8) is 0 Å². The molecule has 0 saturated heterocycles. The Morgan fingerprint density at radius 3 is 2.50 bits per heavy atom. The Balaban J connectivity index is 2.55. The summed E-state index contributed by atoms with van der Waals surface area (Å²) in [6.45, 7) is 0. The van der Waals surface area contributed by atoms with Gasteiger partial charge in [-0.25, -0.2) is 8.78 Å². The van der Waals surface area contributed by atoms with Gasteiger partial charge in [0.25, 0.3) is 0 Å². The molecule has 1 aromatic rings. The monoisotopic (exact) mass is 169 g/mol. The third-order valence-electron chi connectivity index (χ3n) is 2.15. The van der Waals surface area contributed by atoms with Crippen molar-refractivity contribution in [1.29, 1.82) is 0 Å². The summed E-state index contributed by atoms with van der Waals surface area (Å²) in [5.74, 6) is -1.41. The topological polar surface area (TPSA) is 26.0 Å². The van der Waals surface area contributed by atoms with Gasteiger partial charge in [0.2, 0.25) is 0 Å². The maximum atomic E-state index is 13.1. The van der Waals surface area contributed by atoms with Gasteiger partial charge in [-0.1, -0.05) is 0 Å². The zero-order chi connectivity index (χ0) is 8.72. The second-order valence-corrected chi connectivity index (χ2v) is 3.14. The number of hydrogen-bond donors (Lipinski definition) is 1. The molecule has 2 N–H and O–H groups in total. The summed E-state index contributed by atoms with van der Waals surface area (Å²) in [7, 11) is 0. The van der Waals surface area contributed by atoms with Crippen LogP contribution in [-0.4, -0.2) is 0 Å². The zero-order valence-corrected chi connectivity index (χ0v) is 6.48. The fraction of sp³-hybridized carbons (Fsp3) is 0.333. The number of rotatable bonds is 1. The average molecular weight is 169 g/mol. The standard InChI is InChI=1S/C9H9F2N/c10-6-3-4-7(12)8(9(6)11)5-1-2-5/h3-5H,1-2,12H2. The quantitative estimate of drug-likeness (QED) is 0.642. The largest absolute Gasteiger partial charge is 0.398 e. The van der Waals surface area contributed by atoms with Crippen molar-refractivity contribution in [2.75, 3.05) is 5.73 Å². The fourth-order valence-electron chi connectivity index (χ4n) is 1.37. The molecule has 2 rings (SSSR count). The first-order chi connectivity index (χ1) is 5.70. The molecule has 1 saturated carbocycles. The van der Waals surface area contributed by atoms with E-state index in [1.54, 1.807) is 0 Å². The normalized spacial score (nSPS) is 16.5. The predicted molar refractivity (Wildman–Crippen MR) is 42.7 cm³/mol. The molecule has 0 spiro atoms. The minimum absolute atomic E-state index is 0.153. The first kappa shape index (κ1) is 7.53. The van der Waals surface area contributed by atoms with Crippen LogP contribution in [0.1, 0.15) is 24.3 Å². The van der Waals surface area contributed by atoms with Gasteiger partial charge in [-0.15, -0.1) is 0 Å². The minimum Gasteiger partial charge on any atom is -0.398 e. The summed E-state index contributed by atoms with van der Waals surface area (Å²) in [5, 5.41) is 0. The Morgan fingerprint density at radius 2 is 1.92 bits per heavy atom. The second kappa shape index (κ2) is 2.44. The van der Waals surface area contributed by atoms with E-state index in [1.807, 2.05) is 0 Å². The van der Waals surface area contributed by atoms with Crippen LogP contribution in [0.15, 0.2) is 12.1 Å². The number of anilines is 1. The van der Waals surface area contributed by atoms with Crippen molar-refractivity contribution in [2.45, 2.75) is 18.8 Å². The van der Waals surface area contributed by atoms with E-state index in [9.17, 15) is 8.78 Å². The molecule has 1 aromatic carbocycles. The Bertz CT molecular complexity index is 319. The summed E-state index contributed by atoms with van der Waals surface area (Å²) in [6, 6.07) is 2.49. The van der Waals surface area contributed by atoms with Crippen molar-refractivity contribution in [3.05, 3.63) is 29.3 Å². The number of nitrogens with two attached hydrogens (primary N) is 1. The Labute approximate surface area is 69.2 Å². The molecule has 1 nitrogen and oxygen atoms in total. The lowest BCUT2D eigenvalue weighted by Crippen LogP contribution is -1.98. The third-order valence-corrected chi connectivity index (χ3v) is 2.15. The van der Waals surface area contributed by atoms with Crippen LogP contribution in [0.3, 0.4) is 0 Å². The van der Waals surface area contributed by atoms with Crippen LogP contribution in [0.25, 0.3) is 0 Å². The molecule has 0 bridgehead atoms. The third kappa shape index (κ3) is 1.05. The average Bonchev–Trinajstić information content (AvgIpc) is 2.81.